The fourth-order valence-electron chi connectivity index (χ4n) is 3.92. The Balaban J connectivity index is 1.77. The first-order chi connectivity index (χ1) is 15.6. The molecule has 2 heterocycles. The minimum absolute atomic E-state index is 0.0142. The van der Waals surface area contributed by atoms with Crippen LogP contribution in [-0.4, -0.2) is 47.4 Å². The molecule has 0 spiro atoms. The Morgan fingerprint density at radius 3 is 2.36 bits per heavy atom. The van der Waals surface area contributed by atoms with E-state index in [1.165, 1.54) is 17.0 Å². The maximum Gasteiger partial charge on any atom is 0.242 e. The molecule has 2 amide bonds. The number of hydrogen-bond acceptors (Lipinski definition) is 4. The van der Waals surface area contributed by atoms with Crippen LogP contribution in [0.3, 0.4) is 0 Å². The predicted octanol–water partition coefficient (Wildman–Crippen LogP) is 5.17. The minimum atomic E-state index is -0.305. The lowest BCUT2D eigenvalue weighted by atomic mass is 9.91. The molecule has 1 aromatic carbocycles. The van der Waals surface area contributed by atoms with Crippen molar-refractivity contribution in [3.63, 3.8) is 0 Å². The van der Waals surface area contributed by atoms with Crippen molar-refractivity contribution >= 4 is 23.2 Å². The highest BCUT2D eigenvalue weighted by Gasteiger charge is 2.28. The van der Waals surface area contributed by atoms with Gasteiger partial charge in [0, 0.05) is 35.9 Å². The summed E-state index contributed by atoms with van der Waals surface area (Å²) >= 11 is 1.65. The molecular weight excluding hydrogens is 439 g/mol. The summed E-state index contributed by atoms with van der Waals surface area (Å²) in [6.45, 7) is 10.1. The number of ether oxygens (including phenoxy) is 1. The lowest BCUT2D eigenvalue weighted by Crippen LogP contribution is -2.46. The number of hydrogen-bond donors (Lipinski definition) is 0. The second kappa shape index (κ2) is 11.3. The number of thiophene rings is 1. The second-order valence-electron chi connectivity index (χ2n) is 10.0. The van der Waals surface area contributed by atoms with Gasteiger partial charge in [0.15, 0.2) is 0 Å². The fraction of sp³-hybridized carbons (Fsp3) is 0.538. The number of benzene rings is 1. The zero-order valence-electron chi connectivity index (χ0n) is 20.1. The lowest BCUT2D eigenvalue weighted by Gasteiger charge is -2.31. The fourth-order valence-corrected chi connectivity index (χ4v) is 4.82. The van der Waals surface area contributed by atoms with E-state index in [2.05, 4.69) is 0 Å². The van der Waals surface area contributed by atoms with Gasteiger partial charge in [0.1, 0.15) is 5.82 Å². The van der Waals surface area contributed by atoms with E-state index < -0.39 is 0 Å². The Bertz CT molecular complexity index is 930. The van der Waals surface area contributed by atoms with Crippen molar-refractivity contribution in [2.45, 2.75) is 66.2 Å². The molecule has 1 saturated heterocycles. The van der Waals surface area contributed by atoms with E-state index in [-0.39, 0.29) is 35.7 Å². The summed E-state index contributed by atoms with van der Waals surface area (Å²) < 4.78 is 19.1. The predicted molar refractivity (Wildman–Crippen MR) is 129 cm³/mol. The van der Waals surface area contributed by atoms with Gasteiger partial charge in [-0.05, 0) is 55.0 Å². The third kappa shape index (κ3) is 8.23. The summed E-state index contributed by atoms with van der Waals surface area (Å²) in [5.74, 6) is -0.452. The van der Waals surface area contributed by atoms with Crippen LogP contribution in [0.2, 0.25) is 0 Å². The molecule has 2 aromatic rings. The van der Waals surface area contributed by atoms with Crippen LogP contribution >= 0.6 is 11.3 Å². The molecule has 7 heteroatoms. The Kier molecular flexibility index (Phi) is 8.65. The molecule has 1 aliphatic rings. The summed E-state index contributed by atoms with van der Waals surface area (Å²) in [6.07, 6.45) is 2.23. The van der Waals surface area contributed by atoms with Gasteiger partial charge < -0.3 is 14.5 Å². The first-order valence-corrected chi connectivity index (χ1v) is 12.4. The van der Waals surface area contributed by atoms with E-state index >= 15 is 0 Å². The van der Waals surface area contributed by atoms with E-state index in [0.717, 1.165) is 23.3 Å². The number of carbonyl (C=O) groups is 2. The zero-order valence-corrected chi connectivity index (χ0v) is 20.9. The van der Waals surface area contributed by atoms with Crippen molar-refractivity contribution in [3.05, 3.63) is 57.5 Å². The molecule has 180 valence electrons. The molecule has 1 atom stereocenters. The first kappa shape index (κ1) is 25.4. The molecule has 5 nitrogen and oxygen atoms in total. The number of rotatable bonds is 9. The quantitative estimate of drug-likeness (QED) is 0.504. The summed E-state index contributed by atoms with van der Waals surface area (Å²) in [5, 5.41) is 0. The highest BCUT2D eigenvalue weighted by atomic mass is 32.1. The summed E-state index contributed by atoms with van der Waals surface area (Å²) in [6, 6.07) is 10.3. The Hall–Kier alpha value is -2.25. The second-order valence-corrected chi connectivity index (χ2v) is 11.4. The number of amides is 2. The Morgan fingerprint density at radius 2 is 1.79 bits per heavy atom. The third-order valence-electron chi connectivity index (χ3n) is 5.59. The van der Waals surface area contributed by atoms with Crippen LogP contribution in [0, 0.1) is 18.2 Å². The Labute approximate surface area is 200 Å². The van der Waals surface area contributed by atoms with Gasteiger partial charge in [-0.1, -0.05) is 32.9 Å². The summed E-state index contributed by atoms with van der Waals surface area (Å²) in [4.78, 5) is 32.3. The third-order valence-corrected chi connectivity index (χ3v) is 6.58. The van der Waals surface area contributed by atoms with Crippen molar-refractivity contribution in [2.24, 2.45) is 5.41 Å². The van der Waals surface area contributed by atoms with Gasteiger partial charge in [-0.3, -0.25) is 9.59 Å². The highest BCUT2D eigenvalue weighted by molar-refractivity contribution is 7.11. The van der Waals surface area contributed by atoms with E-state index in [1.54, 1.807) is 33.3 Å². The van der Waals surface area contributed by atoms with Crippen LogP contribution in [0.1, 0.15) is 55.4 Å². The van der Waals surface area contributed by atoms with E-state index in [1.807, 2.05) is 39.8 Å². The van der Waals surface area contributed by atoms with Crippen molar-refractivity contribution in [3.8, 4) is 0 Å². The topological polar surface area (TPSA) is 49.9 Å². The molecule has 0 aliphatic carbocycles. The molecule has 33 heavy (non-hydrogen) atoms. The van der Waals surface area contributed by atoms with E-state index in [4.69, 9.17) is 4.74 Å². The molecule has 3 rings (SSSR count). The van der Waals surface area contributed by atoms with Crippen LogP contribution < -0.4 is 0 Å². The van der Waals surface area contributed by atoms with Gasteiger partial charge in [0.25, 0.3) is 0 Å². The molecule has 1 fully saturated rings. The van der Waals surface area contributed by atoms with Gasteiger partial charge >= 0.3 is 0 Å². The SMILES string of the molecule is Cc1ccc(CN(Cc2ccc(F)cc2)C(=O)CN(CC2CCCO2)C(=O)CC(C)(C)C)s1. The zero-order chi connectivity index (χ0) is 24.0. The standard InChI is InChI=1S/C26H35FN2O3S/c1-19-7-12-23(33-19)17-28(15-20-8-10-21(27)11-9-20)25(31)18-29(16-22-6-5-13-32-22)24(30)14-26(2,3)4/h7-12,22H,5-6,13-18H2,1-4H3. The number of aryl methyl sites for hydroxylation is 1. The highest BCUT2D eigenvalue weighted by Crippen LogP contribution is 2.23. The van der Waals surface area contributed by atoms with Gasteiger partial charge in [0.2, 0.25) is 11.8 Å². The maximum atomic E-state index is 13.5. The molecule has 0 saturated carbocycles. The van der Waals surface area contributed by atoms with Crippen LogP contribution in [0.4, 0.5) is 4.39 Å². The van der Waals surface area contributed by atoms with Crippen molar-refractivity contribution < 1.29 is 18.7 Å². The monoisotopic (exact) mass is 474 g/mol. The van der Waals surface area contributed by atoms with Gasteiger partial charge in [0.05, 0.1) is 19.2 Å². The van der Waals surface area contributed by atoms with Crippen LogP contribution in [0.5, 0.6) is 0 Å². The molecule has 1 aromatic heterocycles. The van der Waals surface area contributed by atoms with Crippen LogP contribution in [0.25, 0.3) is 0 Å². The smallest absolute Gasteiger partial charge is 0.242 e. The number of carbonyl (C=O) groups excluding carboxylic acids is 2. The minimum Gasteiger partial charge on any atom is -0.376 e. The maximum absolute atomic E-state index is 13.5. The van der Waals surface area contributed by atoms with E-state index in [9.17, 15) is 14.0 Å². The van der Waals surface area contributed by atoms with Gasteiger partial charge in [-0.2, -0.15) is 0 Å². The van der Waals surface area contributed by atoms with Crippen molar-refractivity contribution in [1.82, 2.24) is 9.80 Å². The summed E-state index contributed by atoms with van der Waals surface area (Å²) in [5.41, 5.74) is 0.682. The number of nitrogens with zero attached hydrogens (tertiary/aromatic N) is 2. The first-order valence-electron chi connectivity index (χ1n) is 11.6. The lowest BCUT2D eigenvalue weighted by molar-refractivity contribution is -0.143. The molecule has 1 aliphatic heterocycles. The van der Waals surface area contributed by atoms with Gasteiger partial charge in [-0.25, -0.2) is 4.39 Å². The largest absolute Gasteiger partial charge is 0.376 e. The molecule has 0 bridgehead atoms. The molecule has 0 N–H and O–H groups in total. The van der Waals surface area contributed by atoms with E-state index in [0.29, 0.717) is 32.7 Å². The molecular formula is C26H35FN2O3S. The average Bonchev–Trinajstić information content (AvgIpc) is 3.39. The van der Waals surface area contributed by atoms with Gasteiger partial charge in [-0.15, -0.1) is 11.3 Å². The van der Waals surface area contributed by atoms with Crippen molar-refractivity contribution in [1.29, 1.82) is 0 Å². The molecule has 1 unspecified atom stereocenters. The summed E-state index contributed by atoms with van der Waals surface area (Å²) in [7, 11) is 0. The van der Waals surface area contributed by atoms with Crippen molar-refractivity contribution in [2.75, 3.05) is 19.7 Å². The normalized spacial score (nSPS) is 16.1. The Morgan fingerprint density at radius 1 is 1.06 bits per heavy atom. The molecule has 0 radical (unpaired) electrons. The average molecular weight is 475 g/mol. The number of halogens is 1. The van der Waals surface area contributed by atoms with Crippen LogP contribution in [0.15, 0.2) is 36.4 Å². The van der Waals surface area contributed by atoms with Crippen LogP contribution in [-0.2, 0) is 27.4 Å².